The second-order valence-electron chi connectivity index (χ2n) is 3.75. The quantitative estimate of drug-likeness (QED) is 0.352. The highest BCUT2D eigenvalue weighted by molar-refractivity contribution is 14.0. The molecule has 0 heterocycles. The predicted octanol–water partition coefficient (Wildman–Crippen LogP) is 2.24. The molecular weight excluding hydrogens is 333 g/mol. The molecule has 0 aliphatic heterocycles. The van der Waals surface area contributed by atoms with Crippen molar-refractivity contribution in [2.24, 2.45) is 4.99 Å². The molecule has 0 bridgehead atoms. The molecule has 2 N–H and O–H groups in total. The predicted molar refractivity (Wildman–Crippen MR) is 85.1 cm³/mol. The van der Waals surface area contributed by atoms with Gasteiger partial charge in [0, 0.05) is 24.9 Å². The molecule has 3 nitrogen and oxygen atoms in total. The zero-order chi connectivity index (χ0) is 11.1. The maximum atomic E-state index is 4.18. The van der Waals surface area contributed by atoms with Crippen LogP contribution < -0.4 is 10.6 Å². The van der Waals surface area contributed by atoms with E-state index in [4.69, 9.17) is 0 Å². The van der Waals surface area contributed by atoms with Crippen LogP contribution in [0.15, 0.2) is 17.6 Å². The Morgan fingerprint density at radius 3 is 2.81 bits per heavy atom. The molecule has 1 aliphatic rings. The Bertz CT molecular complexity index is 233. The van der Waals surface area contributed by atoms with Gasteiger partial charge < -0.3 is 10.6 Å². The van der Waals surface area contributed by atoms with E-state index in [0.29, 0.717) is 6.04 Å². The molecule has 0 aromatic rings. The molecule has 1 aliphatic carbocycles. The highest BCUT2D eigenvalue weighted by Crippen LogP contribution is 2.27. The summed E-state index contributed by atoms with van der Waals surface area (Å²) in [5.41, 5.74) is 0. The van der Waals surface area contributed by atoms with Crippen molar-refractivity contribution in [1.29, 1.82) is 0 Å². The zero-order valence-corrected chi connectivity index (χ0v) is 13.2. The molecule has 5 heteroatoms. The molecule has 1 rings (SSSR count). The molecule has 0 aromatic heterocycles. The van der Waals surface area contributed by atoms with Gasteiger partial charge in [0.25, 0.3) is 0 Å². The summed E-state index contributed by atoms with van der Waals surface area (Å²) in [5.74, 6) is 0.890. The first-order valence-corrected chi connectivity index (χ1v) is 6.69. The molecule has 0 spiro atoms. The fourth-order valence-electron chi connectivity index (χ4n) is 1.84. The van der Waals surface area contributed by atoms with E-state index >= 15 is 0 Å². The van der Waals surface area contributed by atoms with E-state index in [2.05, 4.69) is 28.5 Å². The Labute approximate surface area is 120 Å². The standard InChI is InChI=1S/C11H21N3S.HI/c1-4-7-13-11(12-2)14-9-5-6-10(8-9)15-3;/h4,9-10H,1,5-8H2,2-3H3,(H2,12,13,14);1H. The van der Waals surface area contributed by atoms with Crippen LogP contribution in [0.2, 0.25) is 0 Å². The summed E-state index contributed by atoms with van der Waals surface area (Å²) >= 11 is 1.97. The van der Waals surface area contributed by atoms with Crippen molar-refractivity contribution >= 4 is 41.7 Å². The first-order valence-electron chi connectivity index (χ1n) is 5.41. The highest BCUT2D eigenvalue weighted by Gasteiger charge is 2.24. The summed E-state index contributed by atoms with van der Waals surface area (Å²) in [5, 5.41) is 7.45. The number of hydrogen-bond acceptors (Lipinski definition) is 2. The highest BCUT2D eigenvalue weighted by atomic mass is 127. The van der Waals surface area contributed by atoms with Crippen LogP contribution in [0.3, 0.4) is 0 Å². The second-order valence-corrected chi connectivity index (χ2v) is 4.89. The van der Waals surface area contributed by atoms with E-state index in [1.165, 1.54) is 19.3 Å². The minimum Gasteiger partial charge on any atom is -0.354 e. The molecule has 1 saturated carbocycles. The fraction of sp³-hybridized carbons (Fsp3) is 0.727. The van der Waals surface area contributed by atoms with Crippen LogP contribution in [-0.4, -0.2) is 37.1 Å². The maximum absolute atomic E-state index is 4.18. The third kappa shape index (κ3) is 5.43. The van der Waals surface area contributed by atoms with Gasteiger partial charge in [-0.2, -0.15) is 11.8 Å². The van der Waals surface area contributed by atoms with Crippen LogP contribution in [0.1, 0.15) is 19.3 Å². The number of guanidine groups is 1. The van der Waals surface area contributed by atoms with Crippen LogP contribution in [0.4, 0.5) is 0 Å². The molecular formula is C11H22IN3S. The van der Waals surface area contributed by atoms with Crippen molar-refractivity contribution in [3.05, 3.63) is 12.7 Å². The lowest BCUT2D eigenvalue weighted by molar-refractivity contribution is 0.618. The number of hydrogen-bond donors (Lipinski definition) is 2. The Morgan fingerprint density at radius 1 is 1.56 bits per heavy atom. The van der Waals surface area contributed by atoms with E-state index in [9.17, 15) is 0 Å². The SMILES string of the molecule is C=CCNC(=NC)NC1CCC(SC)C1.I. The maximum Gasteiger partial charge on any atom is 0.191 e. The van der Waals surface area contributed by atoms with Gasteiger partial charge in [0.05, 0.1) is 0 Å². The second kappa shape index (κ2) is 9.15. The minimum absolute atomic E-state index is 0. The van der Waals surface area contributed by atoms with Crippen molar-refractivity contribution in [3.8, 4) is 0 Å². The molecule has 0 radical (unpaired) electrons. The van der Waals surface area contributed by atoms with Gasteiger partial charge in [-0.1, -0.05) is 6.08 Å². The Kier molecular flexibility index (Phi) is 9.21. The molecule has 1 fully saturated rings. The molecule has 2 unspecified atom stereocenters. The Morgan fingerprint density at radius 2 is 2.31 bits per heavy atom. The van der Waals surface area contributed by atoms with Crippen molar-refractivity contribution in [2.75, 3.05) is 19.8 Å². The topological polar surface area (TPSA) is 36.4 Å². The number of nitrogens with one attached hydrogen (secondary N) is 2. The van der Waals surface area contributed by atoms with Crippen LogP contribution in [-0.2, 0) is 0 Å². The van der Waals surface area contributed by atoms with Crippen molar-refractivity contribution < 1.29 is 0 Å². The van der Waals surface area contributed by atoms with Crippen LogP contribution in [0, 0.1) is 0 Å². The van der Waals surface area contributed by atoms with Gasteiger partial charge in [-0.3, -0.25) is 4.99 Å². The molecule has 0 saturated heterocycles. The molecule has 16 heavy (non-hydrogen) atoms. The van der Waals surface area contributed by atoms with Gasteiger partial charge in [-0.05, 0) is 25.5 Å². The van der Waals surface area contributed by atoms with Crippen LogP contribution in [0.25, 0.3) is 0 Å². The summed E-state index contributed by atoms with van der Waals surface area (Å²) in [6.45, 7) is 4.44. The minimum atomic E-state index is 0. The van der Waals surface area contributed by atoms with Crippen LogP contribution in [0.5, 0.6) is 0 Å². The summed E-state index contributed by atoms with van der Waals surface area (Å²) in [6, 6.07) is 0.582. The Hall–Kier alpha value is 0.0900. The third-order valence-electron chi connectivity index (χ3n) is 2.70. The largest absolute Gasteiger partial charge is 0.354 e. The van der Waals surface area contributed by atoms with Gasteiger partial charge in [0.15, 0.2) is 5.96 Å². The van der Waals surface area contributed by atoms with Gasteiger partial charge in [-0.25, -0.2) is 0 Å². The van der Waals surface area contributed by atoms with E-state index in [1.807, 2.05) is 17.8 Å². The molecule has 2 atom stereocenters. The monoisotopic (exact) mass is 355 g/mol. The first-order chi connectivity index (χ1) is 7.30. The molecule has 0 amide bonds. The lowest BCUT2D eigenvalue weighted by atomic mass is 10.2. The molecule has 0 aromatic carbocycles. The van der Waals surface area contributed by atoms with E-state index < -0.39 is 0 Å². The summed E-state index contributed by atoms with van der Waals surface area (Å²) in [4.78, 5) is 4.18. The van der Waals surface area contributed by atoms with E-state index in [0.717, 1.165) is 17.8 Å². The molecule has 94 valence electrons. The summed E-state index contributed by atoms with van der Waals surface area (Å²) < 4.78 is 0. The van der Waals surface area contributed by atoms with Crippen molar-refractivity contribution in [2.45, 2.75) is 30.6 Å². The number of nitrogens with zero attached hydrogens (tertiary/aromatic N) is 1. The summed E-state index contributed by atoms with van der Waals surface area (Å²) in [6.07, 6.45) is 7.84. The Balaban J connectivity index is 0.00000225. The van der Waals surface area contributed by atoms with Gasteiger partial charge >= 0.3 is 0 Å². The lowest BCUT2D eigenvalue weighted by Crippen LogP contribution is -2.42. The van der Waals surface area contributed by atoms with E-state index in [-0.39, 0.29) is 24.0 Å². The van der Waals surface area contributed by atoms with Crippen LogP contribution >= 0.6 is 35.7 Å². The van der Waals surface area contributed by atoms with Crippen molar-refractivity contribution in [3.63, 3.8) is 0 Å². The first kappa shape index (κ1) is 16.1. The third-order valence-corrected chi connectivity index (χ3v) is 3.79. The van der Waals surface area contributed by atoms with Gasteiger partial charge in [-0.15, -0.1) is 30.6 Å². The number of aliphatic imine (C=N–C) groups is 1. The normalized spacial score (nSPS) is 24.8. The number of rotatable bonds is 4. The smallest absolute Gasteiger partial charge is 0.191 e. The number of halogens is 1. The zero-order valence-electron chi connectivity index (χ0n) is 10.0. The van der Waals surface area contributed by atoms with E-state index in [1.54, 1.807) is 7.05 Å². The van der Waals surface area contributed by atoms with Gasteiger partial charge in [0.1, 0.15) is 0 Å². The van der Waals surface area contributed by atoms with Gasteiger partial charge in [0.2, 0.25) is 0 Å². The van der Waals surface area contributed by atoms with Crippen molar-refractivity contribution in [1.82, 2.24) is 10.6 Å². The summed E-state index contributed by atoms with van der Waals surface area (Å²) in [7, 11) is 1.80. The number of thioether (sulfide) groups is 1. The fourth-order valence-corrected chi connectivity index (χ4v) is 2.64. The average Bonchev–Trinajstić information content (AvgIpc) is 2.71. The lowest BCUT2D eigenvalue weighted by Gasteiger charge is -2.16. The average molecular weight is 355 g/mol.